The molecule has 0 radical (unpaired) electrons. The Morgan fingerprint density at radius 3 is 2.00 bits per heavy atom. The summed E-state index contributed by atoms with van der Waals surface area (Å²) in [5, 5.41) is 8.46. The highest BCUT2D eigenvalue weighted by Crippen LogP contribution is 1.94. The molecule has 0 fully saturated rings. The van der Waals surface area contributed by atoms with Crippen LogP contribution in [0.15, 0.2) is 0 Å². The second-order valence-electron chi connectivity index (χ2n) is 2.18. The van der Waals surface area contributed by atoms with E-state index in [4.69, 9.17) is 9.84 Å². The Kier molecular flexibility index (Phi) is 3.83. The zero-order chi connectivity index (χ0) is 6.57. The van der Waals surface area contributed by atoms with Gasteiger partial charge in [0.1, 0.15) is 0 Å². The Hall–Kier alpha value is -0.0800. The van der Waals surface area contributed by atoms with Gasteiger partial charge in [-0.1, -0.05) is 0 Å². The van der Waals surface area contributed by atoms with Crippen LogP contribution in [0, 0.1) is 0 Å². The minimum atomic E-state index is -0.0185. The van der Waals surface area contributed by atoms with Crippen LogP contribution in [0.1, 0.15) is 20.8 Å². The normalized spacial score (nSPS) is 14.6. The number of ether oxygens (including phenoxy) is 1. The van der Waals surface area contributed by atoms with Crippen LogP contribution in [0.4, 0.5) is 0 Å². The molecule has 0 unspecified atom stereocenters. The van der Waals surface area contributed by atoms with E-state index in [0.717, 1.165) is 0 Å². The molecule has 0 spiro atoms. The fourth-order valence-electron chi connectivity index (χ4n) is 0.508. The molecule has 1 N–H and O–H groups in total. The summed E-state index contributed by atoms with van der Waals surface area (Å²) >= 11 is 0. The third-order valence-electron chi connectivity index (χ3n) is 0.762. The zero-order valence-electron chi connectivity index (χ0n) is 5.72. The average molecular weight is 118 g/mol. The van der Waals surface area contributed by atoms with Crippen molar-refractivity contribution in [2.24, 2.45) is 0 Å². The fraction of sp³-hybridized carbons (Fsp3) is 1.00. The Balaban J connectivity index is 3.10. The topological polar surface area (TPSA) is 29.5 Å². The van der Waals surface area contributed by atoms with Crippen molar-refractivity contribution in [2.75, 3.05) is 6.61 Å². The molecule has 0 aliphatic rings. The maximum atomic E-state index is 8.46. The molecule has 0 saturated carbocycles. The number of rotatable bonds is 3. The Morgan fingerprint density at radius 1 is 1.38 bits per heavy atom. The van der Waals surface area contributed by atoms with Gasteiger partial charge in [0.25, 0.3) is 0 Å². The van der Waals surface area contributed by atoms with E-state index in [1.54, 1.807) is 0 Å². The summed E-state index contributed by atoms with van der Waals surface area (Å²) in [6.45, 7) is 5.86. The van der Waals surface area contributed by atoms with E-state index in [9.17, 15) is 0 Å². The lowest BCUT2D eigenvalue weighted by molar-refractivity contribution is -0.0121. The largest absolute Gasteiger partial charge is 0.394 e. The van der Waals surface area contributed by atoms with Crippen LogP contribution in [-0.2, 0) is 4.74 Å². The van der Waals surface area contributed by atoms with Crippen LogP contribution in [-0.4, -0.2) is 23.9 Å². The molecule has 2 heteroatoms. The highest BCUT2D eigenvalue weighted by molar-refractivity contribution is 4.46. The maximum absolute atomic E-state index is 8.46. The van der Waals surface area contributed by atoms with Crippen LogP contribution in [0.2, 0.25) is 0 Å². The van der Waals surface area contributed by atoms with Gasteiger partial charge in [-0.25, -0.2) is 0 Å². The first kappa shape index (κ1) is 7.92. The molecule has 0 amide bonds. The lowest BCUT2D eigenvalue weighted by Crippen LogP contribution is -2.17. The van der Waals surface area contributed by atoms with Gasteiger partial charge in [-0.2, -0.15) is 0 Å². The number of aliphatic hydroxyl groups is 1. The quantitative estimate of drug-likeness (QED) is 0.593. The van der Waals surface area contributed by atoms with E-state index in [1.807, 2.05) is 20.8 Å². The second-order valence-corrected chi connectivity index (χ2v) is 2.18. The van der Waals surface area contributed by atoms with E-state index in [1.165, 1.54) is 0 Å². The Morgan fingerprint density at radius 2 is 1.88 bits per heavy atom. The third-order valence-corrected chi connectivity index (χ3v) is 0.762. The van der Waals surface area contributed by atoms with Crippen LogP contribution in [0.5, 0.6) is 0 Å². The van der Waals surface area contributed by atoms with Crippen molar-refractivity contribution >= 4 is 0 Å². The molecule has 0 aromatic rings. The van der Waals surface area contributed by atoms with Crippen molar-refractivity contribution in [1.29, 1.82) is 0 Å². The van der Waals surface area contributed by atoms with Gasteiger partial charge in [0, 0.05) is 0 Å². The van der Waals surface area contributed by atoms with Gasteiger partial charge < -0.3 is 9.84 Å². The first-order valence-electron chi connectivity index (χ1n) is 2.93. The van der Waals surface area contributed by atoms with Crippen molar-refractivity contribution in [3.63, 3.8) is 0 Å². The number of hydrogen-bond acceptors (Lipinski definition) is 2. The first-order chi connectivity index (χ1) is 3.66. The molecule has 0 saturated heterocycles. The number of aliphatic hydroxyl groups excluding tert-OH is 1. The Labute approximate surface area is 50.5 Å². The summed E-state index contributed by atoms with van der Waals surface area (Å²) in [6, 6.07) is 0. The highest BCUT2D eigenvalue weighted by Gasteiger charge is 2.00. The summed E-state index contributed by atoms with van der Waals surface area (Å²) in [5.74, 6) is 0. The van der Waals surface area contributed by atoms with Gasteiger partial charge in [0.05, 0.1) is 18.8 Å². The molecule has 0 aliphatic heterocycles. The van der Waals surface area contributed by atoms with Crippen molar-refractivity contribution in [3.05, 3.63) is 0 Å². The minimum absolute atomic E-state index is 0.0185. The molecule has 0 aromatic heterocycles. The molecule has 0 bridgehead atoms. The van der Waals surface area contributed by atoms with Crippen LogP contribution >= 0.6 is 0 Å². The van der Waals surface area contributed by atoms with Gasteiger partial charge in [0.15, 0.2) is 0 Å². The molecule has 50 valence electrons. The summed E-state index contributed by atoms with van der Waals surface area (Å²) in [7, 11) is 0. The highest BCUT2D eigenvalue weighted by atomic mass is 16.5. The van der Waals surface area contributed by atoms with Gasteiger partial charge in [-0.05, 0) is 20.8 Å². The van der Waals surface area contributed by atoms with Crippen LogP contribution in [0.25, 0.3) is 0 Å². The molecule has 0 heterocycles. The maximum Gasteiger partial charge on any atom is 0.0781 e. The van der Waals surface area contributed by atoms with E-state index in [0.29, 0.717) is 0 Å². The van der Waals surface area contributed by atoms with Gasteiger partial charge in [-0.3, -0.25) is 0 Å². The van der Waals surface area contributed by atoms with Gasteiger partial charge in [-0.15, -0.1) is 0 Å². The SMILES string of the molecule is CC(C)O[C@@H](C)CO. The molecule has 1 atom stereocenters. The minimum Gasteiger partial charge on any atom is -0.394 e. The average Bonchev–Trinajstić information content (AvgIpc) is 1.65. The third kappa shape index (κ3) is 4.09. The lowest BCUT2D eigenvalue weighted by atomic mass is 10.4. The smallest absolute Gasteiger partial charge is 0.0781 e. The molecular weight excluding hydrogens is 104 g/mol. The molecular formula is C6H14O2. The molecule has 0 aromatic carbocycles. The summed E-state index contributed by atoms with van der Waals surface area (Å²) in [5.41, 5.74) is 0. The van der Waals surface area contributed by atoms with E-state index >= 15 is 0 Å². The molecule has 0 aliphatic carbocycles. The van der Waals surface area contributed by atoms with Crippen LogP contribution < -0.4 is 0 Å². The van der Waals surface area contributed by atoms with Gasteiger partial charge in [0.2, 0.25) is 0 Å². The van der Waals surface area contributed by atoms with Crippen LogP contribution in [0.3, 0.4) is 0 Å². The summed E-state index contributed by atoms with van der Waals surface area (Å²) < 4.78 is 5.15. The van der Waals surface area contributed by atoms with Crippen molar-refractivity contribution in [3.8, 4) is 0 Å². The zero-order valence-corrected chi connectivity index (χ0v) is 5.72. The summed E-state index contributed by atoms with van der Waals surface area (Å²) in [6.07, 6.45) is 0.201. The number of hydrogen-bond donors (Lipinski definition) is 1. The van der Waals surface area contributed by atoms with Gasteiger partial charge >= 0.3 is 0 Å². The fourth-order valence-corrected chi connectivity index (χ4v) is 0.508. The van der Waals surface area contributed by atoms with E-state index < -0.39 is 0 Å². The second kappa shape index (κ2) is 3.87. The van der Waals surface area contributed by atoms with E-state index in [2.05, 4.69) is 0 Å². The standard InChI is InChI=1S/C6H14O2/c1-5(2)8-6(3)4-7/h5-7H,4H2,1-3H3/t6-/m0/s1. The Bertz CT molecular complexity index is 52.5. The first-order valence-corrected chi connectivity index (χ1v) is 2.93. The van der Waals surface area contributed by atoms with Crippen molar-refractivity contribution < 1.29 is 9.84 Å². The van der Waals surface area contributed by atoms with Crippen molar-refractivity contribution in [2.45, 2.75) is 33.0 Å². The van der Waals surface area contributed by atoms with Crippen molar-refractivity contribution in [1.82, 2.24) is 0 Å². The predicted molar refractivity (Wildman–Crippen MR) is 32.8 cm³/mol. The lowest BCUT2D eigenvalue weighted by Gasteiger charge is -2.12. The molecule has 0 rings (SSSR count). The monoisotopic (exact) mass is 118 g/mol. The summed E-state index contributed by atoms with van der Waals surface area (Å²) in [4.78, 5) is 0. The predicted octanol–water partition coefficient (Wildman–Crippen LogP) is 0.792. The van der Waals surface area contributed by atoms with E-state index in [-0.39, 0.29) is 18.8 Å². The molecule has 8 heavy (non-hydrogen) atoms. The molecule has 2 nitrogen and oxygen atoms in total.